The predicted molar refractivity (Wildman–Crippen MR) is 123 cm³/mol. The Bertz CT molecular complexity index is 739. The number of fused-ring (bicyclic) bond motifs is 5. The van der Waals surface area contributed by atoms with Crippen molar-refractivity contribution in [1.29, 1.82) is 0 Å². The first-order valence-corrected chi connectivity index (χ1v) is 13.5. The average Bonchev–Trinajstić information content (AvgIpc) is 3.17. The molecule has 1 heterocycles. The molecule has 5 rings (SSSR count). The van der Waals surface area contributed by atoms with Gasteiger partial charge < -0.3 is 14.7 Å². The Morgan fingerprint density at radius 1 is 0.969 bits per heavy atom. The molecule has 5 fully saturated rings. The van der Waals surface area contributed by atoms with Crippen molar-refractivity contribution in [2.75, 3.05) is 19.7 Å². The Kier molecular flexibility index (Phi) is 5.99. The molecule has 8 atom stereocenters. The van der Waals surface area contributed by atoms with E-state index in [1.165, 1.54) is 44.9 Å². The lowest BCUT2D eigenvalue weighted by atomic mass is 9.44. The summed E-state index contributed by atoms with van der Waals surface area (Å²) < 4.78 is 5.99. The van der Waals surface area contributed by atoms with Crippen LogP contribution in [0, 0.1) is 46.3 Å². The molecule has 1 amide bonds. The third kappa shape index (κ3) is 3.57. The first kappa shape index (κ1) is 22.5. The van der Waals surface area contributed by atoms with Crippen LogP contribution < -0.4 is 0 Å². The molecule has 0 aromatic carbocycles. The monoisotopic (exact) mass is 445 g/mol. The highest BCUT2D eigenvalue weighted by atomic mass is 16.6. The molecule has 4 aliphatic carbocycles. The van der Waals surface area contributed by atoms with Gasteiger partial charge in [-0.2, -0.15) is 0 Å². The van der Waals surface area contributed by atoms with Gasteiger partial charge in [0.15, 0.2) is 0 Å². The zero-order valence-electron chi connectivity index (χ0n) is 20.2. The lowest BCUT2D eigenvalue weighted by Crippen LogP contribution is -2.55. The molecule has 0 spiro atoms. The van der Waals surface area contributed by atoms with E-state index in [-0.39, 0.29) is 17.4 Å². The maximum absolute atomic E-state index is 12.9. The predicted octanol–water partition coefficient (Wildman–Crippen LogP) is 5.97. The van der Waals surface area contributed by atoms with Crippen molar-refractivity contribution in [1.82, 2.24) is 4.90 Å². The molecule has 180 valence electrons. The van der Waals surface area contributed by atoms with Gasteiger partial charge in [-0.25, -0.2) is 4.79 Å². The van der Waals surface area contributed by atoms with E-state index < -0.39 is 5.97 Å². The second kappa shape index (κ2) is 8.51. The number of aliphatic carboxylic acids is 1. The number of piperidine rings is 1. The van der Waals surface area contributed by atoms with Crippen molar-refractivity contribution in [3.8, 4) is 0 Å². The van der Waals surface area contributed by atoms with Gasteiger partial charge in [-0.1, -0.05) is 26.7 Å². The lowest BCUT2D eigenvalue weighted by molar-refractivity contribution is -0.159. The lowest BCUT2D eigenvalue weighted by Gasteiger charge is -2.60. The van der Waals surface area contributed by atoms with E-state index in [9.17, 15) is 14.7 Å². The third-order valence-corrected chi connectivity index (χ3v) is 11.0. The summed E-state index contributed by atoms with van der Waals surface area (Å²) in [5.74, 6) is 2.08. The molecular weight excluding hydrogens is 402 g/mol. The van der Waals surface area contributed by atoms with Crippen LogP contribution >= 0.6 is 0 Å². The SMILES string of the molecule is CC1CCCN(C(=O)OC[C@]23CC[C@H]4[C@@H](CCC5CCCC[C@@]54C)[C@@H]2CCC3C(=O)O)C1. The normalized spacial score (nSPS) is 46.0. The first-order valence-electron chi connectivity index (χ1n) is 13.5. The Morgan fingerprint density at radius 3 is 2.59 bits per heavy atom. The molecule has 4 saturated carbocycles. The number of hydrogen-bond acceptors (Lipinski definition) is 3. The summed E-state index contributed by atoms with van der Waals surface area (Å²) in [7, 11) is 0. The van der Waals surface area contributed by atoms with Crippen molar-refractivity contribution in [2.45, 2.75) is 90.9 Å². The molecule has 5 aliphatic rings. The van der Waals surface area contributed by atoms with E-state index in [1.54, 1.807) is 0 Å². The fourth-order valence-corrected chi connectivity index (χ4v) is 9.40. The van der Waals surface area contributed by atoms with Crippen LogP contribution in [0.4, 0.5) is 4.79 Å². The largest absolute Gasteiger partial charge is 0.481 e. The fourth-order valence-electron chi connectivity index (χ4n) is 9.40. The number of carboxylic acid groups (broad SMARTS) is 1. The quantitative estimate of drug-likeness (QED) is 0.581. The number of carbonyl (C=O) groups is 2. The maximum atomic E-state index is 12.9. The van der Waals surface area contributed by atoms with Crippen molar-refractivity contribution in [3.63, 3.8) is 0 Å². The molecule has 1 aliphatic heterocycles. The number of rotatable bonds is 3. The van der Waals surface area contributed by atoms with Crippen LogP contribution in [0.25, 0.3) is 0 Å². The molecule has 5 nitrogen and oxygen atoms in total. The van der Waals surface area contributed by atoms with Crippen molar-refractivity contribution >= 4 is 12.1 Å². The number of likely N-dealkylation sites (tertiary alicyclic amines) is 1. The topological polar surface area (TPSA) is 66.8 Å². The van der Waals surface area contributed by atoms with Gasteiger partial charge in [0.2, 0.25) is 0 Å². The summed E-state index contributed by atoms with van der Waals surface area (Å²) in [5, 5.41) is 10.1. The van der Waals surface area contributed by atoms with Crippen LogP contribution in [0.2, 0.25) is 0 Å². The van der Waals surface area contributed by atoms with Gasteiger partial charge in [0.25, 0.3) is 0 Å². The standard InChI is InChI=1S/C27H43NO4/c1-18-6-5-15-28(16-18)25(31)32-17-27-14-12-21-20(22(27)10-11-23(27)24(29)30)9-8-19-7-3-4-13-26(19,21)2/h18-23H,3-17H2,1-2H3,(H,29,30)/t18?,19?,20-,21+,22+,23?,26+,27-/m1/s1. The number of amides is 1. The van der Waals surface area contributed by atoms with E-state index in [0.717, 1.165) is 57.0 Å². The second-order valence-electron chi connectivity index (χ2n) is 12.4. The number of ether oxygens (including phenoxy) is 1. The zero-order chi connectivity index (χ0) is 22.5. The summed E-state index contributed by atoms with van der Waals surface area (Å²) >= 11 is 0. The fraction of sp³-hybridized carbons (Fsp3) is 0.926. The molecule has 0 aromatic rings. The van der Waals surface area contributed by atoms with Gasteiger partial charge in [-0.05, 0) is 99.2 Å². The molecule has 0 bridgehead atoms. The molecule has 0 aromatic heterocycles. The van der Waals surface area contributed by atoms with Crippen LogP contribution in [0.5, 0.6) is 0 Å². The molecule has 1 N–H and O–H groups in total. The van der Waals surface area contributed by atoms with Crippen LogP contribution in [0.1, 0.15) is 90.9 Å². The Balaban J connectivity index is 1.36. The molecular formula is C27H43NO4. The van der Waals surface area contributed by atoms with E-state index in [1.807, 2.05) is 4.90 Å². The average molecular weight is 446 g/mol. The van der Waals surface area contributed by atoms with E-state index in [4.69, 9.17) is 4.74 Å². The van der Waals surface area contributed by atoms with Gasteiger partial charge in [-0.3, -0.25) is 4.79 Å². The minimum atomic E-state index is -0.675. The highest BCUT2D eigenvalue weighted by Crippen LogP contribution is 2.67. The molecule has 1 saturated heterocycles. The Hall–Kier alpha value is -1.26. The zero-order valence-corrected chi connectivity index (χ0v) is 20.2. The molecule has 32 heavy (non-hydrogen) atoms. The van der Waals surface area contributed by atoms with Crippen LogP contribution in [0.15, 0.2) is 0 Å². The summed E-state index contributed by atoms with van der Waals surface area (Å²) in [6.45, 7) is 6.59. The Morgan fingerprint density at radius 2 is 1.81 bits per heavy atom. The van der Waals surface area contributed by atoms with Gasteiger partial charge in [-0.15, -0.1) is 0 Å². The number of carbonyl (C=O) groups excluding carboxylic acids is 1. The van der Waals surface area contributed by atoms with E-state index >= 15 is 0 Å². The van der Waals surface area contributed by atoms with E-state index in [2.05, 4.69) is 13.8 Å². The van der Waals surface area contributed by atoms with Crippen LogP contribution in [-0.2, 0) is 9.53 Å². The minimum absolute atomic E-state index is 0.217. The molecule has 5 heteroatoms. The first-order chi connectivity index (χ1) is 15.3. The van der Waals surface area contributed by atoms with Crippen LogP contribution in [0.3, 0.4) is 0 Å². The van der Waals surface area contributed by atoms with Crippen LogP contribution in [-0.4, -0.2) is 41.8 Å². The van der Waals surface area contributed by atoms with Gasteiger partial charge >= 0.3 is 12.1 Å². The number of hydrogen-bond donors (Lipinski definition) is 1. The van der Waals surface area contributed by atoms with E-state index in [0.29, 0.717) is 29.8 Å². The highest BCUT2D eigenvalue weighted by molar-refractivity contribution is 5.72. The van der Waals surface area contributed by atoms with Gasteiger partial charge in [0.05, 0.1) is 12.5 Å². The highest BCUT2D eigenvalue weighted by Gasteiger charge is 2.63. The van der Waals surface area contributed by atoms with Crippen molar-refractivity contribution in [3.05, 3.63) is 0 Å². The van der Waals surface area contributed by atoms with Gasteiger partial charge in [0, 0.05) is 18.5 Å². The third-order valence-electron chi connectivity index (χ3n) is 11.0. The number of carboxylic acids is 1. The summed E-state index contributed by atoms with van der Waals surface area (Å²) in [5.41, 5.74) is 0.0805. The summed E-state index contributed by atoms with van der Waals surface area (Å²) in [6.07, 6.45) is 13.8. The number of nitrogens with zero attached hydrogens (tertiary/aromatic N) is 1. The molecule has 0 radical (unpaired) electrons. The Labute approximate surface area is 193 Å². The summed E-state index contributed by atoms with van der Waals surface area (Å²) in [4.78, 5) is 27.1. The maximum Gasteiger partial charge on any atom is 0.409 e. The van der Waals surface area contributed by atoms with Crippen molar-refractivity contribution in [2.24, 2.45) is 46.3 Å². The van der Waals surface area contributed by atoms with Gasteiger partial charge in [0.1, 0.15) is 0 Å². The summed E-state index contributed by atoms with van der Waals surface area (Å²) in [6, 6.07) is 0. The van der Waals surface area contributed by atoms with Crippen molar-refractivity contribution < 1.29 is 19.4 Å². The smallest absolute Gasteiger partial charge is 0.409 e. The second-order valence-corrected chi connectivity index (χ2v) is 12.4. The molecule has 3 unspecified atom stereocenters. The minimum Gasteiger partial charge on any atom is -0.481 e.